The third kappa shape index (κ3) is 2.95. The summed E-state index contributed by atoms with van der Waals surface area (Å²) in [6.07, 6.45) is 1.05. The molecule has 102 valence electrons. The maximum absolute atomic E-state index is 12.0. The first kappa shape index (κ1) is 13.6. The van der Waals surface area contributed by atoms with Crippen molar-refractivity contribution in [3.8, 4) is 0 Å². The molecule has 0 radical (unpaired) electrons. The Bertz CT molecular complexity index is 509. The molecule has 1 aliphatic rings. The molecular formula is C15H20N2O2. The second-order valence-electron chi connectivity index (χ2n) is 5.62. The molecule has 1 aromatic rings. The lowest BCUT2D eigenvalue weighted by Crippen LogP contribution is -2.43. The van der Waals surface area contributed by atoms with Crippen LogP contribution in [0.1, 0.15) is 45.1 Å². The maximum Gasteiger partial charge on any atom is 0.232 e. The number of anilines is 1. The van der Waals surface area contributed by atoms with Crippen LogP contribution in [-0.2, 0) is 9.59 Å². The van der Waals surface area contributed by atoms with Crippen molar-refractivity contribution >= 4 is 17.5 Å². The molecule has 0 aliphatic carbocycles. The minimum atomic E-state index is -0.371. The van der Waals surface area contributed by atoms with Gasteiger partial charge in [0.2, 0.25) is 11.8 Å². The number of fused-ring (bicyclic) bond motifs is 1. The summed E-state index contributed by atoms with van der Waals surface area (Å²) in [5, 5.41) is 5.78. The van der Waals surface area contributed by atoms with E-state index in [0.29, 0.717) is 0 Å². The van der Waals surface area contributed by atoms with Gasteiger partial charge in [-0.3, -0.25) is 9.59 Å². The fourth-order valence-electron chi connectivity index (χ4n) is 2.18. The molecule has 0 bridgehead atoms. The van der Waals surface area contributed by atoms with Crippen molar-refractivity contribution < 1.29 is 9.59 Å². The van der Waals surface area contributed by atoms with Gasteiger partial charge in [-0.05, 0) is 31.9 Å². The largest absolute Gasteiger partial charge is 0.351 e. The smallest absolute Gasteiger partial charge is 0.232 e. The van der Waals surface area contributed by atoms with E-state index in [-0.39, 0.29) is 29.7 Å². The first-order valence-electron chi connectivity index (χ1n) is 6.64. The van der Waals surface area contributed by atoms with Gasteiger partial charge >= 0.3 is 0 Å². The summed E-state index contributed by atoms with van der Waals surface area (Å²) in [4.78, 5) is 23.9. The average Bonchev–Trinajstić information content (AvgIpc) is 2.66. The van der Waals surface area contributed by atoms with Gasteiger partial charge in [0, 0.05) is 17.6 Å². The fraction of sp³-hybridized carbons (Fsp3) is 0.467. The number of carbonyl (C=O) groups excluding carboxylic acids is 2. The van der Waals surface area contributed by atoms with Crippen molar-refractivity contribution in [3.63, 3.8) is 0 Å². The quantitative estimate of drug-likeness (QED) is 0.873. The summed E-state index contributed by atoms with van der Waals surface area (Å²) in [5.74, 6) is -0.543. The normalized spacial score (nSPS) is 17.8. The Kier molecular flexibility index (Phi) is 3.60. The van der Waals surface area contributed by atoms with Crippen LogP contribution in [0.2, 0.25) is 0 Å². The molecule has 0 fully saturated rings. The summed E-state index contributed by atoms with van der Waals surface area (Å²) in [7, 11) is 0. The molecule has 2 amide bonds. The average molecular weight is 260 g/mol. The summed E-state index contributed by atoms with van der Waals surface area (Å²) < 4.78 is 0. The van der Waals surface area contributed by atoms with Crippen molar-refractivity contribution in [2.24, 2.45) is 0 Å². The molecule has 2 N–H and O–H groups in total. The Hall–Kier alpha value is -1.84. The lowest BCUT2D eigenvalue weighted by Gasteiger charge is -2.25. The molecule has 1 unspecified atom stereocenters. The SMILES string of the molecule is CCC(C)(C)NC(=O)CC1C(=O)Nc2ccccc21. The van der Waals surface area contributed by atoms with Gasteiger partial charge in [0.1, 0.15) is 0 Å². The summed E-state index contributed by atoms with van der Waals surface area (Å²) in [5.41, 5.74) is 1.50. The molecule has 1 heterocycles. The maximum atomic E-state index is 12.0. The second kappa shape index (κ2) is 5.03. The van der Waals surface area contributed by atoms with Crippen LogP contribution in [0.5, 0.6) is 0 Å². The molecule has 0 spiro atoms. The molecule has 2 rings (SSSR count). The highest BCUT2D eigenvalue weighted by Crippen LogP contribution is 2.34. The van der Waals surface area contributed by atoms with Crippen LogP contribution in [0, 0.1) is 0 Å². The molecule has 19 heavy (non-hydrogen) atoms. The first-order valence-corrected chi connectivity index (χ1v) is 6.64. The topological polar surface area (TPSA) is 58.2 Å². The Balaban J connectivity index is 2.08. The predicted molar refractivity (Wildman–Crippen MR) is 74.9 cm³/mol. The number of hydrogen-bond acceptors (Lipinski definition) is 2. The van der Waals surface area contributed by atoms with Gasteiger partial charge in [0.15, 0.2) is 0 Å². The van der Waals surface area contributed by atoms with Crippen LogP contribution in [-0.4, -0.2) is 17.4 Å². The highest BCUT2D eigenvalue weighted by Gasteiger charge is 2.32. The molecule has 1 aliphatic heterocycles. The molecular weight excluding hydrogens is 240 g/mol. The molecule has 4 heteroatoms. The zero-order valence-electron chi connectivity index (χ0n) is 11.6. The van der Waals surface area contributed by atoms with E-state index in [1.165, 1.54) is 0 Å². The fourth-order valence-corrected chi connectivity index (χ4v) is 2.18. The van der Waals surface area contributed by atoms with Crippen LogP contribution in [0.4, 0.5) is 5.69 Å². The van der Waals surface area contributed by atoms with Crippen molar-refractivity contribution in [1.82, 2.24) is 5.32 Å². The number of para-hydroxylation sites is 1. The van der Waals surface area contributed by atoms with Crippen LogP contribution >= 0.6 is 0 Å². The van der Waals surface area contributed by atoms with Gasteiger partial charge in [-0.15, -0.1) is 0 Å². The van der Waals surface area contributed by atoms with Crippen molar-refractivity contribution in [2.75, 3.05) is 5.32 Å². The van der Waals surface area contributed by atoms with Crippen LogP contribution in [0.25, 0.3) is 0 Å². The number of nitrogens with one attached hydrogen (secondary N) is 2. The number of rotatable bonds is 4. The van der Waals surface area contributed by atoms with E-state index in [1.807, 2.05) is 45.0 Å². The van der Waals surface area contributed by atoms with Gasteiger partial charge in [0.25, 0.3) is 0 Å². The molecule has 0 saturated carbocycles. The standard InChI is InChI=1S/C15H20N2O2/c1-4-15(2,3)17-13(18)9-11-10-7-5-6-8-12(10)16-14(11)19/h5-8,11H,4,9H2,1-3H3,(H,16,19)(H,17,18). The molecule has 4 nitrogen and oxygen atoms in total. The van der Waals surface area contributed by atoms with Crippen molar-refractivity contribution in [1.29, 1.82) is 0 Å². The van der Waals surface area contributed by atoms with Gasteiger partial charge in [-0.2, -0.15) is 0 Å². The highest BCUT2D eigenvalue weighted by atomic mass is 16.2. The lowest BCUT2D eigenvalue weighted by molar-refractivity contribution is -0.126. The highest BCUT2D eigenvalue weighted by molar-refractivity contribution is 6.04. The van der Waals surface area contributed by atoms with Crippen LogP contribution in [0.15, 0.2) is 24.3 Å². The number of benzene rings is 1. The molecule has 0 saturated heterocycles. The van der Waals surface area contributed by atoms with E-state index < -0.39 is 0 Å². The first-order chi connectivity index (χ1) is 8.93. The minimum Gasteiger partial charge on any atom is -0.351 e. The second-order valence-corrected chi connectivity index (χ2v) is 5.62. The van der Waals surface area contributed by atoms with Crippen molar-refractivity contribution in [2.45, 2.75) is 45.1 Å². The van der Waals surface area contributed by atoms with Gasteiger partial charge in [-0.1, -0.05) is 25.1 Å². The Morgan fingerprint density at radius 2 is 2.05 bits per heavy atom. The zero-order valence-corrected chi connectivity index (χ0v) is 11.6. The zero-order chi connectivity index (χ0) is 14.0. The van der Waals surface area contributed by atoms with E-state index >= 15 is 0 Å². The molecule has 1 atom stereocenters. The molecule has 1 aromatic carbocycles. The lowest BCUT2D eigenvalue weighted by atomic mass is 9.95. The van der Waals surface area contributed by atoms with Crippen LogP contribution in [0.3, 0.4) is 0 Å². The Labute approximate surface area is 113 Å². The number of carbonyl (C=O) groups is 2. The summed E-state index contributed by atoms with van der Waals surface area (Å²) in [6.45, 7) is 5.99. The van der Waals surface area contributed by atoms with Crippen molar-refractivity contribution in [3.05, 3.63) is 29.8 Å². The third-order valence-electron chi connectivity index (χ3n) is 3.66. The molecule has 0 aromatic heterocycles. The number of hydrogen-bond donors (Lipinski definition) is 2. The monoisotopic (exact) mass is 260 g/mol. The van der Waals surface area contributed by atoms with Gasteiger partial charge in [-0.25, -0.2) is 0 Å². The van der Waals surface area contributed by atoms with Gasteiger partial charge < -0.3 is 10.6 Å². The minimum absolute atomic E-state index is 0.0799. The third-order valence-corrected chi connectivity index (χ3v) is 3.66. The van der Waals surface area contributed by atoms with E-state index in [2.05, 4.69) is 10.6 Å². The van der Waals surface area contributed by atoms with E-state index in [9.17, 15) is 9.59 Å². The van der Waals surface area contributed by atoms with Gasteiger partial charge in [0.05, 0.1) is 5.92 Å². The predicted octanol–water partition coefficient (Wildman–Crippen LogP) is 2.42. The van der Waals surface area contributed by atoms with E-state index in [1.54, 1.807) is 0 Å². The van der Waals surface area contributed by atoms with E-state index in [0.717, 1.165) is 17.7 Å². The van der Waals surface area contributed by atoms with Crippen LogP contribution < -0.4 is 10.6 Å². The Morgan fingerprint density at radius 3 is 2.74 bits per heavy atom. The Morgan fingerprint density at radius 1 is 1.37 bits per heavy atom. The van der Waals surface area contributed by atoms with E-state index in [4.69, 9.17) is 0 Å². The summed E-state index contributed by atoms with van der Waals surface area (Å²) >= 11 is 0. The number of amides is 2. The summed E-state index contributed by atoms with van der Waals surface area (Å²) in [6, 6.07) is 7.53.